The smallest absolute Gasteiger partial charge is 0.0658 e. The number of terminal acetylenes is 1. The van der Waals surface area contributed by atoms with E-state index in [1.807, 2.05) is 53.4 Å². The van der Waals surface area contributed by atoms with E-state index >= 15 is 0 Å². The van der Waals surface area contributed by atoms with Crippen molar-refractivity contribution in [1.29, 1.82) is 0 Å². The van der Waals surface area contributed by atoms with Crippen molar-refractivity contribution in [3.63, 3.8) is 0 Å². The van der Waals surface area contributed by atoms with Gasteiger partial charge < -0.3 is 9.97 Å². The third kappa shape index (κ3) is 4.09. The Kier molecular flexibility index (Phi) is 4.75. The van der Waals surface area contributed by atoms with Gasteiger partial charge in [-0.3, -0.25) is 0 Å². The molecule has 0 radical (unpaired) electrons. The molecule has 3 aromatic rings. The van der Waals surface area contributed by atoms with Crippen molar-refractivity contribution in [2.75, 3.05) is 0 Å². The van der Waals surface area contributed by atoms with Crippen LogP contribution >= 0.6 is 0 Å². The van der Waals surface area contributed by atoms with Crippen LogP contribution in [0.15, 0.2) is 48.5 Å². The molecule has 0 saturated carbocycles. The first kappa shape index (κ1) is 17.1. The topological polar surface area (TPSA) is 57.4 Å². The molecule has 8 bridgehead atoms. The molecule has 2 aliphatic rings. The molecule has 0 spiro atoms. The number of nitrogens with zero attached hydrogens (tertiary/aromatic N) is 2. The summed E-state index contributed by atoms with van der Waals surface area (Å²) in [5, 5.41) is 0. The molecule has 3 aromatic heterocycles. The second kappa shape index (κ2) is 7.50. The number of aromatic amines is 2. The van der Waals surface area contributed by atoms with Crippen molar-refractivity contribution in [2.24, 2.45) is 0 Å². The predicted octanol–water partition coefficient (Wildman–Crippen LogP) is 4.78. The van der Waals surface area contributed by atoms with Crippen molar-refractivity contribution >= 4 is 46.4 Å². The summed E-state index contributed by atoms with van der Waals surface area (Å²) in [6.07, 6.45) is 12.5. The van der Waals surface area contributed by atoms with Crippen LogP contribution in [0.5, 0.6) is 0 Å². The van der Waals surface area contributed by atoms with Crippen LogP contribution < -0.4 is 0 Å². The number of rotatable bonds is 0. The van der Waals surface area contributed by atoms with Crippen LogP contribution in [0.2, 0.25) is 0 Å². The van der Waals surface area contributed by atoms with Crippen molar-refractivity contribution < 1.29 is 15.7 Å². The van der Waals surface area contributed by atoms with Crippen molar-refractivity contribution in [1.82, 2.24) is 19.9 Å². The van der Waals surface area contributed by atoms with Crippen molar-refractivity contribution in [3.05, 3.63) is 71.3 Å². The van der Waals surface area contributed by atoms with Gasteiger partial charge in [-0.05, 0) is 72.8 Å². The standard InChI is InChI=1S/C20H14N4.C2H.Co/c1-2-14-10-16-5-6-18(23-16)12-20-8-7-19(24-20)11-17-4-3-15(22-17)9-13(1)21-14;1-2;/h1-12,21,24H;1H;. The van der Waals surface area contributed by atoms with Gasteiger partial charge in [-0.25, -0.2) is 9.97 Å². The molecule has 2 N–H and O–H groups in total. The third-order valence-corrected chi connectivity index (χ3v) is 4.04. The van der Waals surface area contributed by atoms with Crippen molar-refractivity contribution in [2.45, 2.75) is 0 Å². The van der Waals surface area contributed by atoms with Gasteiger partial charge in [0.15, 0.2) is 0 Å². The normalized spacial score (nSPS) is 11.6. The van der Waals surface area contributed by atoms with E-state index < -0.39 is 0 Å². The van der Waals surface area contributed by atoms with Gasteiger partial charge in [0.1, 0.15) is 0 Å². The summed E-state index contributed by atoms with van der Waals surface area (Å²) in [6, 6.07) is 16.4. The molecule has 2 aliphatic heterocycles. The Bertz CT molecular complexity index is 1080. The maximum Gasteiger partial charge on any atom is 0.0658 e. The second-order valence-electron chi connectivity index (χ2n) is 6.00. The Morgan fingerprint density at radius 3 is 1.15 bits per heavy atom. The summed E-state index contributed by atoms with van der Waals surface area (Å²) in [5.41, 5.74) is 7.86. The second-order valence-corrected chi connectivity index (χ2v) is 6.30. The van der Waals surface area contributed by atoms with Crippen LogP contribution in [0, 0.1) is 11.3 Å². The molecule has 0 unspecified atom stereocenters. The summed E-state index contributed by atoms with van der Waals surface area (Å²) < 4.78 is 0. The zero-order valence-electron chi connectivity index (χ0n) is 14.2. The summed E-state index contributed by atoms with van der Waals surface area (Å²) in [5.74, 6) is 0. The molecule has 132 valence electrons. The molecule has 0 atom stereocenters. The molecule has 5 heteroatoms. The minimum Gasteiger partial charge on any atom is -0.355 e. The number of nitrogens with one attached hydrogen (secondary N) is 2. The fraction of sp³-hybridized carbons (Fsp3) is 0. The van der Waals surface area contributed by atoms with Crippen LogP contribution in [-0.2, 0) is 15.7 Å². The minimum absolute atomic E-state index is 0.939. The van der Waals surface area contributed by atoms with Gasteiger partial charge in [-0.2, -0.15) is 0 Å². The Hall–Kier alpha value is -3.33. The third-order valence-electron chi connectivity index (χ3n) is 4.04. The van der Waals surface area contributed by atoms with Crippen molar-refractivity contribution in [3.8, 4) is 11.3 Å². The Balaban J connectivity index is 0.000000565. The quantitative estimate of drug-likeness (QED) is 0.372. The van der Waals surface area contributed by atoms with Crippen LogP contribution in [0.3, 0.4) is 0 Å². The number of aromatic nitrogens is 4. The van der Waals surface area contributed by atoms with Gasteiger partial charge in [-0.1, -0.05) is 0 Å². The molecular formula is C22H15CoN4. The zero-order valence-corrected chi connectivity index (χ0v) is 15.3. The van der Waals surface area contributed by atoms with E-state index in [-0.39, 0.29) is 0 Å². The Labute approximate surface area is 164 Å². The molecule has 27 heavy (non-hydrogen) atoms. The van der Waals surface area contributed by atoms with E-state index in [2.05, 4.69) is 66.4 Å². The number of H-pyrrole nitrogens is 2. The summed E-state index contributed by atoms with van der Waals surface area (Å²) in [7, 11) is 0. The predicted molar refractivity (Wildman–Crippen MR) is 108 cm³/mol. The molecule has 5 heterocycles. The molecule has 0 aliphatic carbocycles. The van der Waals surface area contributed by atoms with Gasteiger partial charge in [-0.15, -0.1) is 0 Å². The first-order chi connectivity index (χ1) is 13.2. The average Bonchev–Trinajstić information content (AvgIpc) is 3.41. The largest absolute Gasteiger partial charge is 0.355 e. The summed E-state index contributed by atoms with van der Waals surface area (Å²) in [4.78, 5) is 18.0. The fourth-order valence-corrected chi connectivity index (χ4v) is 2.94. The van der Waals surface area contributed by atoms with Gasteiger partial charge in [0.2, 0.25) is 0 Å². The van der Waals surface area contributed by atoms with E-state index in [0.29, 0.717) is 0 Å². The minimum atomic E-state index is 0.939. The summed E-state index contributed by atoms with van der Waals surface area (Å²) in [6.45, 7) is 0. The van der Waals surface area contributed by atoms with E-state index in [9.17, 15) is 0 Å². The average molecular weight is 394 g/mol. The first-order valence-corrected chi connectivity index (χ1v) is 8.82. The molecular weight excluding hydrogens is 379 g/mol. The number of hydrogen-bond acceptors (Lipinski definition) is 2. The molecule has 0 aromatic carbocycles. The molecule has 0 fully saturated rings. The number of fused-ring (bicyclic) bond motifs is 8. The van der Waals surface area contributed by atoms with Crippen LogP contribution in [-0.4, -0.2) is 19.9 Å². The van der Waals surface area contributed by atoms with Crippen LogP contribution in [0.25, 0.3) is 46.4 Å². The van der Waals surface area contributed by atoms with Gasteiger partial charge in [0, 0.05) is 22.1 Å². The maximum absolute atomic E-state index is 4.63. The fourth-order valence-electron chi connectivity index (χ4n) is 2.94. The van der Waals surface area contributed by atoms with Crippen LogP contribution in [0.4, 0.5) is 0 Å². The van der Waals surface area contributed by atoms with Crippen LogP contribution in [0.1, 0.15) is 22.8 Å². The molecule has 4 nitrogen and oxygen atoms in total. The Morgan fingerprint density at radius 2 is 0.889 bits per heavy atom. The van der Waals surface area contributed by atoms with E-state index in [1.165, 1.54) is 0 Å². The maximum atomic E-state index is 4.63. The van der Waals surface area contributed by atoms with Gasteiger partial charge in [0.05, 0.1) is 22.8 Å². The molecule has 0 amide bonds. The number of hydrogen-bond donors (Lipinski definition) is 2. The van der Waals surface area contributed by atoms with E-state index in [1.54, 1.807) is 0 Å². The van der Waals surface area contributed by atoms with Gasteiger partial charge >= 0.3 is 27.0 Å². The monoisotopic (exact) mass is 394 g/mol. The molecule has 0 saturated heterocycles. The molecule has 5 rings (SSSR count). The zero-order chi connectivity index (χ0) is 18.6. The first-order valence-electron chi connectivity index (χ1n) is 8.30. The summed E-state index contributed by atoms with van der Waals surface area (Å²) >= 11 is 3.35. The Morgan fingerprint density at radius 1 is 0.630 bits per heavy atom. The van der Waals surface area contributed by atoms with Gasteiger partial charge in [0.25, 0.3) is 0 Å². The SMILES string of the molecule is C#[C][Co].C1=Cc2cc3ccc(cc4nc(cc5ccc(cc1n2)[nH]5)C=C4)[nH]3. The van der Waals surface area contributed by atoms with E-state index in [4.69, 9.17) is 0 Å². The van der Waals surface area contributed by atoms with E-state index in [0.717, 1.165) is 44.8 Å².